The quantitative estimate of drug-likeness (QED) is 0.341. The first-order valence-electron chi connectivity index (χ1n) is 9.24. The molecule has 0 aliphatic carbocycles. The number of phenols is 2. The standard InChI is InChI=1S/C26H18O2/c27-25-16-24(22-14-6-10-18-8-2-4-12-20(18)22)26(28)15-23(25)21-13-5-9-17-7-1-3-11-19(17)21/h1-16,27-28H. The van der Waals surface area contributed by atoms with Gasteiger partial charge >= 0.3 is 0 Å². The average molecular weight is 362 g/mol. The lowest BCUT2D eigenvalue weighted by Gasteiger charge is -2.14. The number of hydrogen-bond acceptors (Lipinski definition) is 2. The van der Waals surface area contributed by atoms with Gasteiger partial charge in [-0.25, -0.2) is 0 Å². The van der Waals surface area contributed by atoms with E-state index in [0.717, 1.165) is 32.7 Å². The Kier molecular flexibility index (Phi) is 3.77. The van der Waals surface area contributed by atoms with Crippen LogP contribution in [-0.2, 0) is 0 Å². The molecular weight excluding hydrogens is 344 g/mol. The molecule has 2 heteroatoms. The van der Waals surface area contributed by atoms with Crippen LogP contribution in [-0.4, -0.2) is 10.2 Å². The largest absolute Gasteiger partial charge is 0.507 e. The number of hydrogen-bond donors (Lipinski definition) is 2. The third kappa shape index (κ3) is 2.58. The van der Waals surface area contributed by atoms with Crippen molar-refractivity contribution < 1.29 is 10.2 Å². The molecule has 0 atom stereocenters. The zero-order valence-electron chi connectivity index (χ0n) is 15.1. The third-order valence-corrected chi connectivity index (χ3v) is 5.27. The molecular formula is C26H18O2. The van der Waals surface area contributed by atoms with E-state index >= 15 is 0 Å². The predicted octanol–water partition coefficient (Wildman–Crippen LogP) is 6.74. The summed E-state index contributed by atoms with van der Waals surface area (Å²) in [6.07, 6.45) is 0. The highest BCUT2D eigenvalue weighted by molar-refractivity contribution is 6.01. The Bertz CT molecular complexity index is 1220. The maximum absolute atomic E-state index is 10.9. The van der Waals surface area contributed by atoms with Gasteiger partial charge < -0.3 is 10.2 Å². The molecule has 0 heterocycles. The Morgan fingerprint density at radius 1 is 0.393 bits per heavy atom. The molecule has 0 aromatic heterocycles. The minimum atomic E-state index is 0.150. The van der Waals surface area contributed by atoms with Gasteiger partial charge in [-0.05, 0) is 44.8 Å². The van der Waals surface area contributed by atoms with Gasteiger partial charge in [0.15, 0.2) is 0 Å². The van der Waals surface area contributed by atoms with E-state index in [2.05, 4.69) is 0 Å². The molecule has 0 saturated carbocycles. The van der Waals surface area contributed by atoms with E-state index in [-0.39, 0.29) is 11.5 Å². The molecule has 0 spiro atoms. The Hall–Kier alpha value is -3.78. The minimum Gasteiger partial charge on any atom is -0.507 e. The van der Waals surface area contributed by atoms with Crippen molar-refractivity contribution >= 4 is 21.5 Å². The molecule has 134 valence electrons. The van der Waals surface area contributed by atoms with Crippen molar-refractivity contribution in [1.82, 2.24) is 0 Å². The number of rotatable bonds is 2. The van der Waals surface area contributed by atoms with Gasteiger partial charge in [0.1, 0.15) is 11.5 Å². The van der Waals surface area contributed by atoms with Gasteiger partial charge in [0, 0.05) is 11.1 Å². The molecule has 2 N–H and O–H groups in total. The molecule has 5 aromatic carbocycles. The Morgan fingerprint density at radius 3 is 1.25 bits per heavy atom. The first kappa shape index (κ1) is 16.4. The summed E-state index contributed by atoms with van der Waals surface area (Å²) in [5.74, 6) is 0.300. The SMILES string of the molecule is Oc1cc(-c2cccc3ccccc23)c(O)cc1-c1cccc2ccccc12. The highest BCUT2D eigenvalue weighted by Gasteiger charge is 2.15. The summed E-state index contributed by atoms with van der Waals surface area (Å²) in [5, 5.41) is 26.0. The average Bonchev–Trinajstić information content (AvgIpc) is 2.74. The van der Waals surface area contributed by atoms with Gasteiger partial charge in [0.25, 0.3) is 0 Å². The number of phenolic OH excluding ortho intramolecular Hbond substituents is 2. The molecule has 0 radical (unpaired) electrons. The molecule has 5 rings (SSSR count). The highest BCUT2D eigenvalue weighted by Crippen LogP contribution is 2.43. The maximum Gasteiger partial charge on any atom is 0.124 e. The molecule has 0 amide bonds. The molecule has 5 aromatic rings. The normalized spacial score (nSPS) is 11.1. The minimum absolute atomic E-state index is 0.150. The van der Waals surface area contributed by atoms with E-state index in [1.54, 1.807) is 12.1 Å². The Balaban J connectivity index is 1.73. The van der Waals surface area contributed by atoms with Crippen molar-refractivity contribution in [2.45, 2.75) is 0 Å². The van der Waals surface area contributed by atoms with Crippen molar-refractivity contribution in [1.29, 1.82) is 0 Å². The Morgan fingerprint density at radius 2 is 0.786 bits per heavy atom. The van der Waals surface area contributed by atoms with Gasteiger partial charge in [-0.15, -0.1) is 0 Å². The van der Waals surface area contributed by atoms with Crippen LogP contribution < -0.4 is 0 Å². The van der Waals surface area contributed by atoms with Gasteiger partial charge in [0.05, 0.1) is 0 Å². The summed E-state index contributed by atoms with van der Waals surface area (Å²) >= 11 is 0. The molecule has 0 aliphatic rings. The summed E-state index contributed by atoms with van der Waals surface area (Å²) in [6, 6.07) is 31.4. The van der Waals surface area contributed by atoms with E-state index < -0.39 is 0 Å². The van der Waals surface area contributed by atoms with Crippen LogP contribution in [0.25, 0.3) is 43.8 Å². The van der Waals surface area contributed by atoms with Gasteiger partial charge in [-0.2, -0.15) is 0 Å². The lowest BCUT2D eigenvalue weighted by atomic mass is 9.93. The van der Waals surface area contributed by atoms with Crippen molar-refractivity contribution in [2.24, 2.45) is 0 Å². The van der Waals surface area contributed by atoms with E-state index in [9.17, 15) is 10.2 Å². The predicted molar refractivity (Wildman–Crippen MR) is 116 cm³/mol. The second kappa shape index (κ2) is 6.43. The van der Waals surface area contributed by atoms with Crippen LogP contribution in [0.15, 0.2) is 97.1 Å². The fraction of sp³-hybridized carbons (Fsp3) is 0. The zero-order valence-corrected chi connectivity index (χ0v) is 15.1. The fourth-order valence-electron chi connectivity index (χ4n) is 3.93. The topological polar surface area (TPSA) is 40.5 Å². The number of aromatic hydroxyl groups is 2. The van der Waals surface area contributed by atoms with Crippen molar-refractivity contribution in [3.05, 3.63) is 97.1 Å². The van der Waals surface area contributed by atoms with Crippen LogP contribution in [0.3, 0.4) is 0 Å². The summed E-state index contributed by atoms with van der Waals surface area (Å²) in [7, 11) is 0. The van der Waals surface area contributed by atoms with Crippen LogP contribution in [0.2, 0.25) is 0 Å². The molecule has 2 nitrogen and oxygen atoms in total. The monoisotopic (exact) mass is 362 g/mol. The lowest BCUT2D eigenvalue weighted by molar-refractivity contribution is 0.463. The van der Waals surface area contributed by atoms with Crippen molar-refractivity contribution in [2.75, 3.05) is 0 Å². The van der Waals surface area contributed by atoms with Crippen molar-refractivity contribution in [3.8, 4) is 33.8 Å². The molecule has 0 aliphatic heterocycles. The van der Waals surface area contributed by atoms with Gasteiger partial charge in [-0.3, -0.25) is 0 Å². The first-order valence-corrected chi connectivity index (χ1v) is 9.24. The molecule has 28 heavy (non-hydrogen) atoms. The van der Waals surface area contributed by atoms with Crippen LogP contribution in [0.4, 0.5) is 0 Å². The van der Waals surface area contributed by atoms with Gasteiger partial charge in [0.2, 0.25) is 0 Å². The van der Waals surface area contributed by atoms with Crippen LogP contribution in [0.5, 0.6) is 11.5 Å². The molecule has 0 unspecified atom stereocenters. The smallest absolute Gasteiger partial charge is 0.124 e. The summed E-state index contributed by atoms with van der Waals surface area (Å²) in [6.45, 7) is 0. The van der Waals surface area contributed by atoms with E-state index in [4.69, 9.17) is 0 Å². The van der Waals surface area contributed by atoms with E-state index in [1.807, 2.05) is 84.9 Å². The maximum atomic E-state index is 10.9. The van der Waals surface area contributed by atoms with E-state index in [1.165, 1.54) is 0 Å². The van der Waals surface area contributed by atoms with Crippen LogP contribution in [0.1, 0.15) is 0 Å². The molecule has 0 fully saturated rings. The second-order valence-electron chi connectivity index (χ2n) is 6.94. The lowest BCUT2D eigenvalue weighted by Crippen LogP contribution is -1.87. The summed E-state index contributed by atoms with van der Waals surface area (Å²) in [4.78, 5) is 0. The zero-order chi connectivity index (χ0) is 19.1. The number of fused-ring (bicyclic) bond motifs is 2. The third-order valence-electron chi connectivity index (χ3n) is 5.27. The number of benzene rings is 5. The van der Waals surface area contributed by atoms with Crippen molar-refractivity contribution in [3.63, 3.8) is 0 Å². The summed E-state index contributed by atoms with van der Waals surface area (Å²) in [5.41, 5.74) is 3.04. The highest BCUT2D eigenvalue weighted by atomic mass is 16.3. The van der Waals surface area contributed by atoms with Crippen LogP contribution >= 0.6 is 0 Å². The van der Waals surface area contributed by atoms with Crippen LogP contribution in [0, 0.1) is 0 Å². The van der Waals surface area contributed by atoms with Gasteiger partial charge in [-0.1, -0.05) is 84.9 Å². The molecule has 0 bridgehead atoms. The summed E-state index contributed by atoms with van der Waals surface area (Å²) < 4.78 is 0. The molecule has 0 saturated heterocycles. The Labute approximate surface area is 162 Å². The fourth-order valence-corrected chi connectivity index (χ4v) is 3.93. The first-order chi connectivity index (χ1) is 13.7. The second-order valence-corrected chi connectivity index (χ2v) is 6.94. The van der Waals surface area contributed by atoms with E-state index in [0.29, 0.717) is 11.1 Å².